The topological polar surface area (TPSA) is 93.2 Å². The zero-order valence-corrected chi connectivity index (χ0v) is 14.3. The smallest absolute Gasteiger partial charge is 0.417 e. The van der Waals surface area contributed by atoms with Crippen LogP contribution in [0, 0.1) is 13.8 Å². The number of aromatic nitrogens is 2. The van der Waals surface area contributed by atoms with E-state index < -0.39 is 5.76 Å². The molecule has 1 aromatic carbocycles. The van der Waals surface area contributed by atoms with Gasteiger partial charge in [-0.15, -0.1) is 0 Å². The molecule has 2 N–H and O–H groups in total. The van der Waals surface area contributed by atoms with E-state index >= 15 is 0 Å². The Labute approximate surface area is 148 Å². The number of H-pyrrole nitrogens is 1. The number of aromatic amines is 1. The maximum atomic E-state index is 12.7. The van der Waals surface area contributed by atoms with Crippen LogP contribution < -0.4 is 11.1 Å². The molecule has 0 aliphatic carbocycles. The minimum atomic E-state index is -0.523. The van der Waals surface area contributed by atoms with Crippen molar-refractivity contribution in [1.29, 1.82) is 0 Å². The van der Waals surface area contributed by atoms with E-state index in [1.165, 1.54) is 0 Å². The number of rotatable bonds is 4. The first-order chi connectivity index (χ1) is 12.5. The van der Waals surface area contributed by atoms with E-state index in [2.05, 4.69) is 10.3 Å². The lowest BCUT2D eigenvalue weighted by molar-refractivity contribution is 0.102. The summed E-state index contributed by atoms with van der Waals surface area (Å²) in [6, 6.07) is 10.6. The van der Waals surface area contributed by atoms with Gasteiger partial charge in [0.1, 0.15) is 5.76 Å². The average molecular weight is 351 g/mol. The number of nitrogens with one attached hydrogen (secondary N) is 2. The fourth-order valence-corrected chi connectivity index (χ4v) is 3.06. The van der Waals surface area contributed by atoms with Crippen molar-refractivity contribution in [3.05, 3.63) is 75.9 Å². The van der Waals surface area contributed by atoms with Gasteiger partial charge >= 0.3 is 5.76 Å². The number of hydrogen-bond acceptors (Lipinski definition) is 4. The van der Waals surface area contributed by atoms with Gasteiger partial charge in [-0.25, -0.2) is 4.79 Å². The minimum absolute atomic E-state index is 0.214. The molecular weight excluding hydrogens is 334 g/mol. The maximum absolute atomic E-state index is 12.7. The van der Waals surface area contributed by atoms with Crippen LogP contribution in [0.5, 0.6) is 0 Å². The zero-order valence-electron chi connectivity index (χ0n) is 14.3. The van der Waals surface area contributed by atoms with Crippen LogP contribution in [-0.4, -0.2) is 15.5 Å². The molecule has 7 nitrogen and oxygen atoms in total. The second-order valence-electron chi connectivity index (χ2n) is 6.13. The Bertz CT molecular complexity index is 1150. The van der Waals surface area contributed by atoms with Crippen LogP contribution in [0.3, 0.4) is 0 Å². The molecule has 0 bridgehead atoms. The summed E-state index contributed by atoms with van der Waals surface area (Å²) >= 11 is 0. The van der Waals surface area contributed by atoms with Gasteiger partial charge in [-0.05, 0) is 50.2 Å². The second kappa shape index (κ2) is 6.11. The third-order valence-corrected chi connectivity index (χ3v) is 4.39. The first kappa shape index (κ1) is 16.0. The molecule has 0 fully saturated rings. The highest BCUT2D eigenvalue weighted by Gasteiger charge is 2.17. The lowest BCUT2D eigenvalue weighted by Gasteiger charge is -2.08. The van der Waals surface area contributed by atoms with Crippen molar-refractivity contribution in [1.82, 2.24) is 9.55 Å². The minimum Gasteiger partial charge on any atom is -0.467 e. The van der Waals surface area contributed by atoms with Gasteiger partial charge in [0.05, 0.1) is 23.9 Å². The van der Waals surface area contributed by atoms with Crippen LogP contribution in [0.2, 0.25) is 0 Å². The predicted molar refractivity (Wildman–Crippen MR) is 96.5 cm³/mol. The van der Waals surface area contributed by atoms with Crippen LogP contribution in [-0.2, 0) is 6.54 Å². The van der Waals surface area contributed by atoms with Crippen molar-refractivity contribution in [3.8, 4) is 0 Å². The standard InChI is InChI=1S/C19H17N3O4/c1-11-8-15(12(2)22(11)10-14-4-3-7-25-14)18(23)20-13-5-6-17-16(9-13)21-19(24)26-17/h3-9H,10H2,1-2H3,(H,20,23)(H,21,24). The molecule has 7 heteroatoms. The molecule has 0 aliphatic heterocycles. The lowest BCUT2D eigenvalue weighted by atomic mass is 10.2. The van der Waals surface area contributed by atoms with E-state index in [9.17, 15) is 9.59 Å². The van der Waals surface area contributed by atoms with E-state index in [0.29, 0.717) is 28.9 Å². The highest BCUT2D eigenvalue weighted by molar-refractivity contribution is 6.05. The number of nitrogens with zero attached hydrogens (tertiary/aromatic N) is 1. The molecule has 132 valence electrons. The molecule has 3 aromatic heterocycles. The van der Waals surface area contributed by atoms with Crippen LogP contribution in [0.4, 0.5) is 5.69 Å². The monoisotopic (exact) mass is 351 g/mol. The van der Waals surface area contributed by atoms with Gasteiger partial charge < -0.3 is 18.7 Å². The number of carbonyl (C=O) groups excluding carboxylic acids is 1. The fraction of sp³-hybridized carbons (Fsp3) is 0.158. The van der Waals surface area contributed by atoms with Crippen molar-refractivity contribution in [2.24, 2.45) is 0 Å². The van der Waals surface area contributed by atoms with Gasteiger partial charge in [0.2, 0.25) is 0 Å². The van der Waals surface area contributed by atoms with Gasteiger partial charge in [-0.2, -0.15) is 0 Å². The van der Waals surface area contributed by atoms with E-state index in [4.69, 9.17) is 8.83 Å². The predicted octanol–water partition coefficient (Wildman–Crippen LogP) is 3.43. The molecule has 26 heavy (non-hydrogen) atoms. The van der Waals surface area contributed by atoms with Crippen molar-refractivity contribution in [2.45, 2.75) is 20.4 Å². The quantitative estimate of drug-likeness (QED) is 0.589. The SMILES string of the molecule is Cc1cc(C(=O)Nc2ccc3oc(=O)[nH]c3c2)c(C)n1Cc1ccco1. The fourth-order valence-electron chi connectivity index (χ4n) is 3.06. The Morgan fingerprint density at radius 1 is 1.23 bits per heavy atom. The van der Waals surface area contributed by atoms with Crippen LogP contribution >= 0.6 is 0 Å². The normalized spacial score (nSPS) is 11.2. The first-order valence-electron chi connectivity index (χ1n) is 8.14. The summed E-state index contributed by atoms with van der Waals surface area (Å²) in [4.78, 5) is 26.5. The summed E-state index contributed by atoms with van der Waals surface area (Å²) in [5.41, 5.74) is 3.99. The number of aryl methyl sites for hydroxylation is 1. The molecule has 0 aliphatic rings. The van der Waals surface area contributed by atoms with E-state index in [0.717, 1.165) is 17.1 Å². The van der Waals surface area contributed by atoms with Crippen molar-refractivity contribution < 1.29 is 13.6 Å². The van der Waals surface area contributed by atoms with Gasteiger partial charge in [-0.1, -0.05) is 0 Å². The van der Waals surface area contributed by atoms with E-state index in [1.54, 1.807) is 24.5 Å². The number of hydrogen-bond donors (Lipinski definition) is 2. The summed E-state index contributed by atoms with van der Waals surface area (Å²) in [6.07, 6.45) is 1.63. The highest BCUT2D eigenvalue weighted by atomic mass is 16.4. The highest BCUT2D eigenvalue weighted by Crippen LogP contribution is 2.21. The zero-order chi connectivity index (χ0) is 18.3. The number of oxazole rings is 1. The molecule has 0 spiro atoms. The van der Waals surface area contributed by atoms with Crippen molar-refractivity contribution in [2.75, 3.05) is 5.32 Å². The summed E-state index contributed by atoms with van der Waals surface area (Å²) < 4.78 is 12.4. The van der Waals surface area contributed by atoms with Crippen LogP contribution in [0.15, 0.2) is 56.3 Å². The molecule has 0 radical (unpaired) electrons. The molecular formula is C19H17N3O4. The third kappa shape index (κ3) is 2.83. The summed E-state index contributed by atoms with van der Waals surface area (Å²) in [5.74, 6) is 0.0899. The van der Waals surface area contributed by atoms with Crippen LogP contribution in [0.1, 0.15) is 27.5 Å². The van der Waals surface area contributed by atoms with E-state index in [1.807, 2.05) is 36.6 Å². The third-order valence-electron chi connectivity index (χ3n) is 4.39. The molecule has 3 heterocycles. The second-order valence-corrected chi connectivity index (χ2v) is 6.13. The molecule has 4 aromatic rings. The Kier molecular flexibility index (Phi) is 3.76. The molecule has 0 unspecified atom stereocenters. The Hall–Kier alpha value is -3.48. The summed E-state index contributed by atoms with van der Waals surface area (Å²) in [7, 11) is 0. The number of anilines is 1. The van der Waals surface area contributed by atoms with Crippen molar-refractivity contribution in [3.63, 3.8) is 0 Å². The molecule has 0 atom stereocenters. The largest absolute Gasteiger partial charge is 0.467 e. The Morgan fingerprint density at radius 3 is 2.85 bits per heavy atom. The maximum Gasteiger partial charge on any atom is 0.417 e. The summed E-state index contributed by atoms with van der Waals surface area (Å²) in [5, 5.41) is 2.86. The molecule has 1 amide bonds. The van der Waals surface area contributed by atoms with Gasteiger partial charge in [0.25, 0.3) is 5.91 Å². The average Bonchev–Trinajstić information content (AvgIpc) is 3.30. The number of benzene rings is 1. The molecule has 0 saturated carbocycles. The summed E-state index contributed by atoms with van der Waals surface area (Å²) in [6.45, 7) is 4.43. The van der Waals surface area contributed by atoms with Gasteiger partial charge in [0.15, 0.2) is 5.58 Å². The van der Waals surface area contributed by atoms with Gasteiger partial charge in [-0.3, -0.25) is 9.78 Å². The molecule has 4 rings (SSSR count). The van der Waals surface area contributed by atoms with Crippen LogP contribution in [0.25, 0.3) is 11.1 Å². The van der Waals surface area contributed by atoms with E-state index in [-0.39, 0.29) is 5.91 Å². The number of amides is 1. The number of carbonyl (C=O) groups is 1. The van der Waals surface area contributed by atoms with Gasteiger partial charge in [0, 0.05) is 17.1 Å². The Morgan fingerprint density at radius 2 is 2.08 bits per heavy atom. The number of fused-ring (bicyclic) bond motifs is 1. The van der Waals surface area contributed by atoms with Crippen molar-refractivity contribution >= 4 is 22.7 Å². The first-order valence-corrected chi connectivity index (χ1v) is 8.14. The Balaban J connectivity index is 1.60. The lowest BCUT2D eigenvalue weighted by Crippen LogP contribution is -2.13. The molecule has 0 saturated heterocycles. The number of furan rings is 1.